The molecule has 1 nitrogen and oxygen atoms in total. The van der Waals surface area contributed by atoms with Crippen LogP contribution >= 0.6 is 43.2 Å². The monoisotopic (exact) mass is 333 g/mol. The first-order valence-electron chi connectivity index (χ1n) is 3.49. The van der Waals surface area contributed by atoms with Gasteiger partial charge in [-0.2, -0.15) is 0 Å². The van der Waals surface area contributed by atoms with Gasteiger partial charge in [-0.3, -0.25) is 0 Å². The molecule has 0 bridgehead atoms. The van der Waals surface area contributed by atoms with Crippen LogP contribution in [0.1, 0.15) is 17.3 Å². The summed E-state index contributed by atoms with van der Waals surface area (Å²) < 4.78 is 25.7. The zero-order valence-electron chi connectivity index (χ0n) is 6.44. The molecular formula is C7H7Br2F2NS. The van der Waals surface area contributed by atoms with Crippen molar-refractivity contribution in [1.82, 2.24) is 0 Å². The normalized spacial score (nSPS) is 13.7. The van der Waals surface area contributed by atoms with Gasteiger partial charge in [-0.05, 0) is 37.9 Å². The molecule has 0 radical (unpaired) electrons. The maximum absolute atomic E-state index is 12.0. The van der Waals surface area contributed by atoms with E-state index in [4.69, 9.17) is 5.73 Å². The Morgan fingerprint density at radius 3 is 2.46 bits per heavy atom. The highest BCUT2D eigenvalue weighted by Crippen LogP contribution is 2.36. The fourth-order valence-corrected chi connectivity index (χ4v) is 2.96. The van der Waals surface area contributed by atoms with E-state index in [2.05, 4.69) is 31.9 Å². The van der Waals surface area contributed by atoms with Gasteiger partial charge in [0.15, 0.2) is 0 Å². The molecule has 1 aromatic rings. The predicted molar refractivity (Wildman–Crippen MR) is 57.3 cm³/mol. The number of hydrogen-bond acceptors (Lipinski definition) is 2. The Bertz CT molecular complexity index is 271. The number of halogens is 4. The van der Waals surface area contributed by atoms with Gasteiger partial charge in [-0.1, -0.05) is 0 Å². The van der Waals surface area contributed by atoms with Crippen LogP contribution < -0.4 is 5.73 Å². The van der Waals surface area contributed by atoms with Crippen molar-refractivity contribution in [2.75, 3.05) is 0 Å². The molecule has 0 spiro atoms. The zero-order chi connectivity index (χ0) is 10.0. The molecule has 0 saturated carbocycles. The van der Waals surface area contributed by atoms with Crippen LogP contribution in [0.25, 0.3) is 0 Å². The summed E-state index contributed by atoms with van der Waals surface area (Å²) in [5, 5.41) is 0. The van der Waals surface area contributed by atoms with Crippen LogP contribution in [0, 0.1) is 0 Å². The van der Waals surface area contributed by atoms with E-state index in [1.807, 2.05) is 0 Å². The van der Waals surface area contributed by atoms with Crippen molar-refractivity contribution in [1.29, 1.82) is 0 Å². The van der Waals surface area contributed by atoms with Crippen molar-refractivity contribution in [2.45, 2.75) is 18.9 Å². The number of hydrogen-bond donors (Lipinski definition) is 1. The zero-order valence-corrected chi connectivity index (χ0v) is 10.4. The summed E-state index contributed by atoms with van der Waals surface area (Å²) in [5.74, 6) is 0. The second-order valence-corrected chi connectivity index (χ2v) is 5.76. The summed E-state index contributed by atoms with van der Waals surface area (Å²) in [6, 6.07) is 1.19. The molecule has 0 unspecified atom stereocenters. The molecule has 1 atom stereocenters. The van der Waals surface area contributed by atoms with E-state index in [0.717, 1.165) is 13.1 Å². The summed E-state index contributed by atoms with van der Waals surface area (Å²) in [6.07, 6.45) is -2.64. The van der Waals surface area contributed by atoms with Crippen molar-refractivity contribution in [2.24, 2.45) is 5.73 Å². The molecular weight excluding hydrogens is 328 g/mol. The maximum Gasteiger partial charge on any atom is 0.240 e. The number of rotatable bonds is 3. The van der Waals surface area contributed by atoms with Crippen LogP contribution in [0.15, 0.2) is 14.3 Å². The molecule has 13 heavy (non-hydrogen) atoms. The summed E-state index contributed by atoms with van der Waals surface area (Å²) in [5.41, 5.74) is 5.57. The van der Waals surface area contributed by atoms with E-state index >= 15 is 0 Å². The van der Waals surface area contributed by atoms with E-state index in [9.17, 15) is 8.78 Å². The van der Waals surface area contributed by atoms with Crippen molar-refractivity contribution >= 4 is 43.2 Å². The molecule has 0 saturated heterocycles. The van der Waals surface area contributed by atoms with Crippen LogP contribution in [0.4, 0.5) is 8.78 Å². The second kappa shape index (κ2) is 4.82. The smallest absolute Gasteiger partial charge is 0.240 e. The van der Waals surface area contributed by atoms with Gasteiger partial charge >= 0.3 is 0 Å². The molecule has 1 heterocycles. The van der Waals surface area contributed by atoms with Crippen molar-refractivity contribution < 1.29 is 8.78 Å². The first kappa shape index (κ1) is 11.6. The Balaban J connectivity index is 2.71. The Labute approximate surface area is 95.6 Å². The molecule has 1 aromatic heterocycles. The maximum atomic E-state index is 12.0. The average molecular weight is 335 g/mol. The highest BCUT2D eigenvalue weighted by atomic mass is 79.9. The van der Waals surface area contributed by atoms with Gasteiger partial charge in [-0.15, -0.1) is 11.3 Å². The lowest BCUT2D eigenvalue weighted by Crippen LogP contribution is -2.12. The Morgan fingerprint density at radius 1 is 1.46 bits per heavy atom. The quantitative estimate of drug-likeness (QED) is 0.890. The molecule has 1 rings (SSSR count). The van der Waals surface area contributed by atoms with Gasteiger partial charge in [-0.25, -0.2) is 8.78 Å². The fraction of sp³-hybridized carbons (Fsp3) is 0.429. The van der Waals surface area contributed by atoms with Crippen LogP contribution in [0.3, 0.4) is 0 Å². The first-order valence-corrected chi connectivity index (χ1v) is 5.89. The van der Waals surface area contributed by atoms with E-state index < -0.39 is 12.5 Å². The van der Waals surface area contributed by atoms with Gasteiger partial charge in [0.2, 0.25) is 6.43 Å². The Morgan fingerprint density at radius 2 is 2.08 bits per heavy atom. The summed E-state index contributed by atoms with van der Waals surface area (Å²) in [6.45, 7) is 0. The fourth-order valence-electron chi connectivity index (χ4n) is 0.854. The molecule has 0 aromatic carbocycles. The minimum atomic E-state index is -2.35. The standard InChI is InChI=1S/C7H7Br2F2NS/c8-3-1-5(13-7(3)9)4(12)2-6(10)11/h1,4,6H,2,12H2/t4-/m1/s1. The molecule has 0 aliphatic rings. The molecule has 0 amide bonds. The van der Waals surface area contributed by atoms with Crippen molar-refractivity contribution in [3.05, 3.63) is 19.2 Å². The summed E-state index contributed by atoms with van der Waals surface area (Å²) in [4.78, 5) is 0.763. The third kappa shape index (κ3) is 3.27. The lowest BCUT2D eigenvalue weighted by atomic mass is 10.2. The minimum Gasteiger partial charge on any atom is -0.323 e. The third-order valence-corrected chi connectivity index (χ3v) is 4.85. The highest BCUT2D eigenvalue weighted by Gasteiger charge is 2.16. The molecule has 0 aliphatic carbocycles. The Kier molecular flexibility index (Phi) is 4.28. The van der Waals surface area contributed by atoms with E-state index in [1.165, 1.54) is 11.3 Å². The van der Waals surface area contributed by atoms with Gasteiger partial charge in [0.05, 0.1) is 3.79 Å². The van der Waals surface area contributed by atoms with E-state index in [0.29, 0.717) is 0 Å². The van der Waals surface area contributed by atoms with E-state index in [1.54, 1.807) is 6.07 Å². The Hall–Kier alpha value is 0.480. The second-order valence-electron chi connectivity index (χ2n) is 2.50. The minimum absolute atomic E-state index is 0.292. The average Bonchev–Trinajstić information content (AvgIpc) is 2.31. The third-order valence-electron chi connectivity index (χ3n) is 1.46. The number of thiophene rings is 1. The van der Waals surface area contributed by atoms with Crippen LogP contribution in [-0.2, 0) is 0 Å². The van der Waals surface area contributed by atoms with Gasteiger partial charge in [0.25, 0.3) is 0 Å². The molecule has 6 heteroatoms. The van der Waals surface area contributed by atoms with Crippen LogP contribution in [-0.4, -0.2) is 6.43 Å². The first-order chi connectivity index (χ1) is 6.00. The largest absolute Gasteiger partial charge is 0.323 e. The molecule has 2 N–H and O–H groups in total. The molecule has 0 fully saturated rings. The van der Waals surface area contributed by atoms with Crippen LogP contribution in [0.5, 0.6) is 0 Å². The van der Waals surface area contributed by atoms with Crippen LogP contribution in [0.2, 0.25) is 0 Å². The van der Waals surface area contributed by atoms with Gasteiger partial charge in [0, 0.05) is 21.8 Å². The predicted octanol–water partition coefficient (Wildman–Crippen LogP) is 3.93. The summed E-state index contributed by atoms with van der Waals surface area (Å²) in [7, 11) is 0. The lowest BCUT2D eigenvalue weighted by Gasteiger charge is -2.07. The SMILES string of the molecule is N[C@H](CC(F)F)c1cc(Br)c(Br)s1. The van der Waals surface area contributed by atoms with Crippen molar-refractivity contribution in [3.8, 4) is 0 Å². The number of nitrogens with two attached hydrogens (primary N) is 1. The highest BCUT2D eigenvalue weighted by molar-refractivity contribution is 9.13. The molecule has 0 aliphatic heterocycles. The topological polar surface area (TPSA) is 26.0 Å². The van der Waals surface area contributed by atoms with Gasteiger partial charge in [0.1, 0.15) is 0 Å². The molecule has 74 valence electrons. The summed E-state index contributed by atoms with van der Waals surface area (Å²) >= 11 is 7.93. The van der Waals surface area contributed by atoms with E-state index in [-0.39, 0.29) is 6.42 Å². The van der Waals surface area contributed by atoms with Gasteiger partial charge < -0.3 is 5.73 Å². The van der Waals surface area contributed by atoms with Crippen molar-refractivity contribution in [3.63, 3.8) is 0 Å². The lowest BCUT2D eigenvalue weighted by molar-refractivity contribution is 0.129. The number of alkyl halides is 2.